The van der Waals surface area contributed by atoms with Gasteiger partial charge in [-0.25, -0.2) is 0 Å². The lowest BCUT2D eigenvalue weighted by atomic mass is 9.32. The van der Waals surface area contributed by atoms with E-state index in [1.54, 1.807) is 0 Å². The third kappa shape index (κ3) is 2.90. The third-order valence-corrected chi connectivity index (χ3v) is 13.3. The summed E-state index contributed by atoms with van der Waals surface area (Å²) >= 11 is 0. The summed E-state index contributed by atoms with van der Waals surface area (Å²) in [5.74, 6) is -0.765. The Bertz CT molecular complexity index is 952. The van der Waals surface area contributed by atoms with Crippen molar-refractivity contribution in [3.63, 3.8) is 0 Å². The molecular formula is C30H48O5. The number of carboxylic acid groups (broad SMARTS) is 1. The normalized spacial score (nSPS) is 57.1. The molecule has 0 aromatic heterocycles. The van der Waals surface area contributed by atoms with E-state index in [4.69, 9.17) is 0 Å². The Kier molecular flexibility index (Phi) is 5.40. The highest BCUT2D eigenvalue weighted by atomic mass is 16.4. The highest BCUT2D eigenvalue weighted by Crippen LogP contribution is 2.76. The van der Waals surface area contributed by atoms with E-state index in [-0.39, 0.29) is 33.5 Å². The van der Waals surface area contributed by atoms with Gasteiger partial charge in [-0.3, -0.25) is 4.79 Å². The molecule has 5 nitrogen and oxygen atoms in total. The van der Waals surface area contributed by atoms with Crippen LogP contribution in [0.25, 0.3) is 0 Å². The first-order valence-electron chi connectivity index (χ1n) is 14.0. The van der Waals surface area contributed by atoms with Crippen LogP contribution >= 0.6 is 0 Å². The number of aliphatic hydroxyl groups is 3. The molecule has 0 radical (unpaired) electrons. The molecule has 0 bridgehead atoms. The molecule has 4 fully saturated rings. The maximum absolute atomic E-state index is 12.8. The van der Waals surface area contributed by atoms with E-state index in [0.29, 0.717) is 25.2 Å². The van der Waals surface area contributed by atoms with Crippen molar-refractivity contribution in [3.8, 4) is 0 Å². The zero-order chi connectivity index (χ0) is 26.0. The maximum atomic E-state index is 12.8. The summed E-state index contributed by atoms with van der Waals surface area (Å²) in [7, 11) is 0. The van der Waals surface area contributed by atoms with Crippen LogP contribution in [-0.2, 0) is 4.79 Å². The van der Waals surface area contributed by atoms with E-state index in [1.165, 1.54) is 0 Å². The van der Waals surface area contributed by atoms with Gasteiger partial charge in [-0.15, -0.1) is 0 Å². The second-order valence-corrected chi connectivity index (χ2v) is 14.9. The van der Waals surface area contributed by atoms with Gasteiger partial charge in [0.2, 0.25) is 0 Å². The molecule has 0 aromatic rings. The van der Waals surface area contributed by atoms with Crippen molar-refractivity contribution in [1.29, 1.82) is 0 Å². The topological polar surface area (TPSA) is 98.0 Å². The first kappa shape index (κ1) is 25.7. The fourth-order valence-corrected chi connectivity index (χ4v) is 11.0. The molecule has 198 valence electrons. The smallest absolute Gasteiger partial charge is 0.310 e. The summed E-state index contributed by atoms with van der Waals surface area (Å²) in [6, 6.07) is 0. The molecule has 11 atom stereocenters. The average Bonchev–Trinajstić information content (AvgIpc) is 2.74. The molecule has 5 heteroatoms. The third-order valence-electron chi connectivity index (χ3n) is 13.3. The number of carbonyl (C=O) groups is 1. The van der Waals surface area contributed by atoms with Gasteiger partial charge in [-0.05, 0) is 97.7 Å². The van der Waals surface area contributed by atoms with Crippen molar-refractivity contribution < 1.29 is 25.2 Å². The number of aliphatic hydroxyl groups excluding tert-OH is 2. The molecule has 0 spiro atoms. The average molecular weight is 489 g/mol. The Morgan fingerprint density at radius 3 is 2.26 bits per heavy atom. The zero-order valence-corrected chi connectivity index (χ0v) is 22.9. The van der Waals surface area contributed by atoms with Gasteiger partial charge < -0.3 is 20.4 Å². The lowest BCUT2D eigenvalue weighted by Gasteiger charge is -2.72. The highest BCUT2D eigenvalue weighted by Gasteiger charge is 2.72. The molecule has 0 saturated heterocycles. The van der Waals surface area contributed by atoms with Crippen LogP contribution in [0.4, 0.5) is 0 Å². The van der Waals surface area contributed by atoms with Crippen molar-refractivity contribution in [2.45, 2.75) is 118 Å². The number of rotatable bonds is 1. The van der Waals surface area contributed by atoms with E-state index in [9.17, 15) is 25.2 Å². The maximum Gasteiger partial charge on any atom is 0.310 e. The lowest BCUT2D eigenvalue weighted by molar-refractivity contribution is -0.247. The zero-order valence-electron chi connectivity index (χ0n) is 22.9. The Labute approximate surface area is 211 Å². The Morgan fingerprint density at radius 2 is 1.63 bits per heavy atom. The van der Waals surface area contributed by atoms with Crippen molar-refractivity contribution in [3.05, 3.63) is 11.6 Å². The molecule has 0 aromatic carbocycles. The number of aliphatic carboxylic acids is 1. The van der Waals surface area contributed by atoms with E-state index in [1.807, 2.05) is 6.92 Å². The van der Waals surface area contributed by atoms with Crippen LogP contribution < -0.4 is 0 Å². The molecule has 0 aliphatic heterocycles. The predicted molar refractivity (Wildman–Crippen MR) is 135 cm³/mol. The van der Waals surface area contributed by atoms with Crippen LogP contribution in [0.1, 0.15) is 99.8 Å². The van der Waals surface area contributed by atoms with Gasteiger partial charge in [0.25, 0.3) is 0 Å². The van der Waals surface area contributed by atoms with Crippen molar-refractivity contribution in [2.75, 3.05) is 0 Å². The van der Waals surface area contributed by atoms with Crippen molar-refractivity contribution in [2.24, 2.45) is 50.7 Å². The highest BCUT2D eigenvalue weighted by molar-refractivity contribution is 5.77. The van der Waals surface area contributed by atoms with E-state index in [2.05, 4.69) is 47.6 Å². The molecule has 0 amide bonds. The molecule has 0 heterocycles. The Balaban J connectivity index is 1.67. The fraction of sp³-hybridized carbons (Fsp3) is 0.900. The largest absolute Gasteiger partial charge is 0.481 e. The van der Waals surface area contributed by atoms with Gasteiger partial charge in [-0.2, -0.15) is 0 Å². The van der Waals surface area contributed by atoms with Gasteiger partial charge in [0.1, 0.15) is 0 Å². The number of allylic oxidation sites excluding steroid dienone is 1. The summed E-state index contributed by atoms with van der Waals surface area (Å²) in [6.45, 7) is 15.2. The number of carboxylic acids is 1. The van der Waals surface area contributed by atoms with Crippen LogP contribution in [0.3, 0.4) is 0 Å². The minimum atomic E-state index is -1.08. The molecule has 5 rings (SSSR count). The van der Waals surface area contributed by atoms with Crippen LogP contribution in [-0.4, -0.2) is 44.2 Å². The second-order valence-electron chi connectivity index (χ2n) is 14.9. The summed E-state index contributed by atoms with van der Waals surface area (Å²) in [6.07, 6.45) is 7.27. The van der Waals surface area contributed by atoms with Crippen LogP contribution in [0, 0.1) is 50.7 Å². The summed E-state index contributed by atoms with van der Waals surface area (Å²) < 4.78 is 0. The Morgan fingerprint density at radius 1 is 0.971 bits per heavy atom. The number of hydrogen-bond donors (Lipinski definition) is 4. The quantitative estimate of drug-likeness (QED) is 0.382. The SMILES string of the molecule is CC1CCC2(C(=O)O)CCC3(C)C(=CCC4C5(C)CCC(O)C(C)(C)C5C(O)CC43C)C2C1(C)O. The Hall–Kier alpha value is -0.910. The minimum absolute atomic E-state index is 0.0230. The fourth-order valence-electron chi connectivity index (χ4n) is 11.0. The summed E-state index contributed by atoms with van der Waals surface area (Å²) in [4.78, 5) is 12.8. The van der Waals surface area contributed by atoms with Gasteiger partial charge in [0.15, 0.2) is 0 Å². The first-order chi connectivity index (χ1) is 16.0. The molecule has 11 unspecified atom stereocenters. The molecule has 35 heavy (non-hydrogen) atoms. The summed E-state index contributed by atoms with van der Waals surface area (Å²) in [5, 5.41) is 45.1. The van der Waals surface area contributed by atoms with Gasteiger partial charge in [-0.1, -0.05) is 53.2 Å². The molecule has 4 saturated carbocycles. The van der Waals surface area contributed by atoms with Crippen molar-refractivity contribution in [1.82, 2.24) is 0 Å². The van der Waals surface area contributed by atoms with E-state index < -0.39 is 35.1 Å². The van der Waals surface area contributed by atoms with Crippen molar-refractivity contribution >= 4 is 5.97 Å². The van der Waals surface area contributed by atoms with Gasteiger partial charge in [0, 0.05) is 5.92 Å². The van der Waals surface area contributed by atoms with E-state index >= 15 is 0 Å². The summed E-state index contributed by atoms with van der Waals surface area (Å²) in [5.41, 5.74) is -1.80. The van der Waals surface area contributed by atoms with Gasteiger partial charge >= 0.3 is 5.97 Å². The monoisotopic (exact) mass is 488 g/mol. The molecular weight excluding hydrogens is 440 g/mol. The standard InChI is InChI=1S/C30H48O5/c1-17-10-13-30(24(33)34)15-14-27(5)18(22(30)29(17,7)35)8-9-20-26(4)12-11-21(32)25(2,3)23(26)19(31)16-28(20,27)6/h8,17,19-23,31-32,35H,9-16H2,1-7H3,(H,33,34). The molecule has 4 N–H and O–H groups in total. The predicted octanol–water partition coefficient (Wildman–Crippen LogP) is 5.18. The number of hydrogen-bond acceptors (Lipinski definition) is 4. The number of fused-ring (bicyclic) bond motifs is 7. The van der Waals surface area contributed by atoms with Crippen LogP contribution in [0.15, 0.2) is 11.6 Å². The van der Waals surface area contributed by atoms with E-state index in [0.717, 1.165) is 37.7 Å². The van der Waals surface area contributed by atoms with Crippen LogP contribution in [0.5, 0.6) is 0 Å². The minimum Gasteiger partial charge on any atom is -0.481 e. The lowest BCUT2D eigenvalue weighted by Crippen LogP contribution is -2.70. The molecule has 5 aliphatic carbocycles. The first-order valence-corrected chi connectivity index (χ1v) is 14.0. The van der Waals surface area contributed by atoms with Crippen LogP contribution in [0.2, 0.25) is 0 Å². The second kappa shape index (κ2) is 7.35. The van der Waals surface area contributed by atoms with Gasteiger partial charge in [0.05, 0.1) is 23.2 Å². The molecule has 5 aliphatic rings.